The van der Waals surface area contributed by atoms with E-state index in [-0.39, 0.29) is 0 Å². The summed E-state index contributed by atoms with van der Waals surface area (Å²) in [4.78, 5) is 10.9. The maximum atomic E-state index is 4.45. The molecule has 0 atom stereocenters. The van der Waals surface area contributed by atoms with Gasteiger partial charge < -0.3 is 15.5 Å². The summed E-state index contributed by atoms with van der Waals surface area (Å²) in [7, 11) is 4.15. The van der Waals surface area contributed by atoms with Crippen molar-refractivity contribution in [2.24, 2.45) is 0 Å². The van der Waals surface area contributed by atoms with E-state index in [0.717, 1.165) is 35.5 Å². The molecule has 21 heavy (non-hydrogen) atoms. The Hall–Kier alpha value is -1.66. The zero-order chi connectivity index (χ0) is 15.1. The third kappa shape index (κ3) is 5.69. The maximum absolute atomic E-state index is 4.45. The van der Waals surface area contributed by atoms with Gasteiger partial charge in [0.1, 0.15) is 5.82 Å². The van der Waals surface area contributed by atoms with E-state index in [9.17, 15) is 0 Å². The summed E-state index contributed by atoms with van der Waals surface area (Å²) in [5, 5.41) is 6.50. The zero-order valence-electron chi connectivity index (χ0n) is 12.3. The Morgan fingerprint density at radius 2 is 2.10 bits per heavy atom. The maximum Gasteiger partial charge on any atom is 0.229 e. The molecule has 5 nitrogen and oxygen atoms in total. The number of hydrogen-bond donors (Lipinski definition) is 2. The minimum Gasteiger partial charge on any atom is -0.370 e. The lowest BCUT2D eigenvalue weighted by atomic mass is 10.3. The Morgan fingerprint density at radius 1 is 1.24 bits per heavy atom. The van der Waals surface area contributed by atoms with Crippen LogP contribution < -0.4 is 10.6 Å². The van der Waals surface area contributed by atoms with E-state index >= 15 is 0 Å². The summed E-state index contributed by atoms with van der Waals surface area (Å²) in [6, 6.07) is 9.79. The highest BCUT2D eigenvalue weighted by Crippen LogP contribution is 2.18. The van der Waals surface area contributed by atoms with Crippen LogP contribution in [0, 0.1) is 0 Å². The summed E-state index contributed by atoms with van der Waals surface area (Å²) in [5.41, 5.74) is 0.953. The number of hydrogen-bond acceptors (Lipinski definition) is 5. The lowest BCUT2D eigenvalue weighted by molar-refractivity contribution is 0.405. The van der Waals surface area contributed by atoms with Gasteiger partial charge in [-0.25, -0.2) is 4.98 Å². The normalized spacial score (nSPS) is 10.7. The monoisotopic (exact) mass is 349 g/mol. The topological polar surface area (TPSA) is 53.1 Å². The van der Waals surface area contributed by atoms with Gasteiger partial charge >= 0.3 is 0 Å². The highest BCUT2D eigenvalue weighted by molar-refractivity contribution is 9.10. The van der Waals surface area contributed by atoms with Crippen molar-refractivity contribution in [3.63, 3.8) is 0 Å². The van der Waals surface area contributed by atoms with Crippen LogP contribution in [0.15, 0.2) is 41.0 Å². The first-order chi connectivity index (χ1) is 10.1. The zero-order valence-corrected chi connectivity index (χ0v) is 13.9. The Kier molecular flexibility index (Phi) is 5.95. The molecule has 0 aliphatic rings. The average molecular weight is 350 g/mol. The average Bonchev–Trinajstić information content (AvgIpc) is 2.44. The van der Waals surface area contributed by atoms with Crippen molar-refractivity contribution in [1.82, 2.24) is 14.9 Å². The molecule has 0 unspecified atom stereocenters. The standard InChI is InChI=1S/C15H20BrN5/c1-21(2)10-4-8-17-14-7-9-18-15(20-14)19-13-6-3-5-12(16)11-13/h3,5-7,9,11H,4,8,10H2,1-2H3,(H2,17,18,19,20). The highest BCUT2D eigenvalue weighted by Gasteiger charge is 2.00. The summed E-state index contributed by atoms with van der Waals surface area (Å²) in [5.74, 6) is 1.42. The van der Waals surface area contributed by atoms with Crippen molar-refractivity contribution in [3.8, 4) is 0 Å². The number of anilines is 3. The highest BCUT2D eigenvalue weighted by atomic mass is 79.9. The first kappa shape index (κ1) is 15.7. The van der Waals surface area contributed by atoms with Crippen molar-refractivity contribution in [2.45, 2.75) is 6.42 Å². The molecule has 2 aromatic rings. The molecular formula is C15H20BrN5. The summed E-state index contributed by atoms with van der Waals surface area (Å²) < 4.78 is 1.02. The van der Waals surface area contributed by atoms with Gasteiger partial charge in [-0.05, 0) is 51.3 Å². The van der Waals surface area contributed by atoms with Gasteiger partial charge in [0, 0.05) is 22.9 Å². The molecule has 0 amide bonds. The van der Waals surface area contributed by atoms with Crippen molar-refractivity contribution < 1.29 is 0 Å². The van der Waals surface area contributed by atoms with Crippen LogP contribution in [0.1, 0.15) is 6.42 Å². The smallest absolute Gasteiger partial charge is 0.229 e. The second-order valence-electron chi connectivity index (χ2n) is 4.98. The molecule has 1 aromatic carbocycles. The van der Waals surface area contributed by atoms with Gasteiger partial charge in [0.05, 0.1) is 0 Å². The van der Waals surface area contributed by atoms with E-state index in [1.807, 2.05) is 30.3 Å². The molecule has 0 fully saturated rings. The number of benzene rings is 1. The largest absolute Gasteiger partial charge is 0.370 e. The third-order valence-corrected chi connectivity index (χ3v) is 3.32. The van der Waals surface area contributed by atoms with E-state index in [4.69, 9.17) is 0 Å². The Morgan fingerprint density at radius 3 is 2.86 bits per heavy atom. The molecule has 0 bridgehead atoms. The SMILES string of the molecule is CN(C)CCCNc1ccnc(Nc2cccc(Br)c2)n1. The van der Waals surface area contributed by atoms with Gasteiger partial charge in [0.2, 0.25) is 5.95 Å². The van der Waals surface area contributed by atoms with Crippen molar-refractivity contribution in [2.75, 3.05) is 37.8 Å². The van der Waals surface area contributed by atoms with Crippen LogP contribution in [0.2, 0.25) is 0 Å². The molecule has 6 heteroatoms. The minimum atomic E-state index is 0.589. The fraction of sp³-hybridized carbons (Fsp3) is 0.333. The molecule has 2 N–H and O–H groups in total. The Balaban J connectivity index is 1.91. The van der Waals surface area contributed by atoms with E-state index in [0.29, 0.717) is 5.95 Å². The predicted octanol–water partition coefficient (Wildman–Crippen LogP) is 3.35. The Labute approximate surface area is 133 Å². The molecule has 0 saturated carbocycles. The number of halogens is 1. The van der Waals surface area contributed by atoms with Crippen molar-refractivity contribution in [1.29, 1.82) is 0 Å². The lowest BCUT2D eigenvalue weighted by Crippen LogP contribution is -2.16. The molecule has 1 aromatic heterocycles. The predicted molar refractivity (Wildman–Crippen MR) is 91.1 cm³/mol. The van der Waals surface area contributed by atoms with Crippen LogP contribution in [0.25, 0.3) is 0 Å². The lowest BCUT2D eigenvalue weighted by Gasteiger charge is -2.11. The summed E-state index contributed by atoms with van der Waals surface area (Å²) in [6.07, 6.45) is 2.83. The number of nitrogens with zero attached hydrogens (tertiary/aromatic N) is 3. The minimum absolute atomic E-state index is 0.589. The van der Waals surface area contributed by atoms with Crippen LogP contribution >= 0.6 is 15.9 Å². The van der Waals surface area contributed by atoms with Crippen molar-refractivity contribution in [3.05, 3.63) is 41.0 Å². The van der Waals surface area contributed by atoms with E-state index in [2.05, 4.69) is 55.5 Å². The molecule has 0 saturated heterocycles. The molecule has 1 heterocycles. The fourth-order valence-corrected chi connectivity index (χ4v) is 2.22. The third-order valence-electron chi connectivity index (χ3n) is 2.82. The fourth-order valence-electron chi connectivity index (χ4n) is 1.82. The van der Waals surface area contributed by atoms with Crippen LogP contribution in [0.5, 0.6) is 0 Å². The number of aromatic nitrogens is 2. The van der Waals surface area contributed by atoms with Gasteiger partial charge in [0.25, 0.3) is 0 Å². The molecule has 0 aliphatic heterocycles. The van der Waals surface area contributed by atoms with Gasteiger partial charge in [-0.2, -0.15) is 4.98 Å². The van der Waals surface area contributed by atoms with Crippen LogP contribution in [0.4, 0.5) is 17.5 Å². The van der Waals surface area contributed by atoms with Crippen LogP contribution in [0.3, 0.4) is 0 Å². The summed E-state index contributed by atoms with van der Waals surface area (Å²) in [6.45, 7) is 1.95. The quantitative estimate of drug-likeness (QED) is 0.750. The molecule has 0 spiro atoms. The van der Waals surface area contributed by atoms with E-state index in [1.165, 1.54) is 0 Å². The van der Waals surface area contributed by atoms with Crippen LogP contribution in [-0.2, 0) is 0 Å². The van der Waals surface area contributed by atoms with Gasteiger partial charge in [-0.3, -0.25) is 0 Å². The molecule has 0 aliphatic carbocycles. The first-order valence-electron chi connectivity index (χ1n) is 6.88. The van der Waals surface area contributed by atoms with Gasteiger partial charge in [0.15, 0.2) is 0 Å². The van der Waals surface area contributed by atoms with E-state index in [1.54, 1.807) is 6.20 Å². The summed E-state index contributed by atoms with van der Waals surface area (Å²) >= 11 is 3.45. The second kappa shape index (κ2) is 7.95. The molecule has 2 rings (SSSR count). The molecule has 112 valence electrons. The van der Waals surface area contributed by atoms with E-state index < -0.39 is 0 Å². The van der Waals surface area contributed by atoms with Crippen molar-refractivity contribution >= 4 is 33.4 Å². The second-order valence-corrected chi connectivity index (χ2v) is 5.90. The van der Waals surface area contributed by atoms with Gasteiger partial charge in [-0.15, -0.1) is 0 Å². The Bertz CT molecular complexity index is 573. The molecule has 0 radical (unpaired) electrons. The van der Waals surface area contributed by atoms with Gasteiger partial charge in [-0.1, -0.05) is 22.0 Å². The number of rotatable bonds is 7. The molecular weight excluding hydrogens is 330 g/mol. The first-order valence-corrected chi connectivity index (χ1v) is 7.67. The number of nitrogens with one attached hydrogen (secondary N) is 2. The van der Waals surface area contributed by atoms with Crippen LogP contribution in [-0.4, -0.2) is 42.1 Å².